The Labute approximate surface area is 236 Å². The van der Waals surface area contributed by atoms with Crippen molar-refractivity contribution in [2.45, 2.75) is 64.3 Å². The lowest BCUT2D eigenvalue weighted by molar-refractivity contribution is 0.0766. The van der Waals surface area contributed by atoms with Crippen molar-refractivity contribution in [2.24, 2.45) is 5.92 Å². The normalized spacial score (nSPS) is 18.6. The fourth-order valence-electron chi connectivity index (χ4n) is 5.43. The van der Waals surface area contributed by atoms with Gasteiger partial charge in [-0.1, -0.05) is 75.3 Å². The number of allylic oxidation sites excluding steroid dienone is 4. The van der Waals surface area contributed by atoms with Crippen molar-refractivity contribution < 1.29 is 9.21 Å². The first-order valence-corrected chi connectivity index (χ1v) is 14.0. The predicted molar refractivity (Wildman–Crippen MR) is 156 cm³/mol. The third-order valence-corrected chi connectivity index (χ3v) is 7.53. The minimum absolute atomic E-state index is 0.0689. The van der Waals surface area contributed by atoms with Crippen LogP contribution in [-0.2, 0) is 11.8 Å². The summed E-state index contributed by atoms with van der Waals surface area (Å²) in [5.41, 5.74) is 3.70. The molecule has 1 aliphatic carbocycles. The number of rotatable bonds is 6. The van der Waals surface area contributed by atoms with Gasteiger partial charge in [0.15, 0.2) is 0 Å². The highest BCUT2D eigenvalue weighted by molar-refractivity contribution is 5.97. The molecule has 0 N–H and O–H groups in total. The average Bonchev–Trinajstić information content (AvgIpc) is 3.67. The van der Waals surface area contributed by atoms with E-state index in [4.69, 9.17) is 4.42 Å². The van der Waals surface area contributed by atoms with Gasteiger partial charge in [-0.25, -0.2) is 0 Å². The molecule has 202 valence electrons. The Morgan fingerprint density at radius 2 is 1.95 bits per heavy atom. The monoisotopic (exact) mass is 530 g/mol. The highest BCUT2D eigenvalue weighted by Gasteiger charge is 2.31. The highest BCUT2D eigenvalue weighted by Crippen LogP contribution is 2.35. The third-order valence-electron chi connectivity index (χ3n) is 7.53. The summed E-state index contributed by atoms with van der Waals surface area (Å²) in [6.45, 7) is 6.86. The van der Waals surface area contributed by atoms with Crippen molar-refractivity contribution in [1.82, 2.24) is 15.1 Å². The van der Waals surface area contributed by atoms with Crippen molar-refractivity contribution in [3.8, 4) is 29.4 Å². The Bertz CT molecular complexity index is 1550. The molecule has 2 atom stereocenters. The Hall–Kier alpha value is -4.42. The van der Waals surface area contributed by atoms with E-state index in [0.29, 0.717) is 35.9 Å². The second-order valence-electron chi connectivity index (χ2n) is 11.1. The number of carbonyl (C=O) groups is 1. The van der Waals surface area contributed by atoms with E-state index >= 15 is 0 Å². The number of likely N-dealkylation sites (tertiary alicyclic amines) is 1. The maximum atomic E-state index is 13.9. The predicted octanol–water partition coefficient (Wildman–Crippen LogP) is 6.76. The maximum absolute atomic E-state index is 13.9. The molecule has 1 fully saturated rings. The topological polar surface area (TPSA) is 83.0 Å². The molecule has 2 heterocycles. The van der Waals surface area contributed by atoms with E-state index in [9.17, 15) is 10.1 Å². The number of hydrogen-bond acceptors (Lipinski definition) is 5. The molecule has 40 heavy (non-hydrogen) atoms. The van der Waals surface area contributed by atoms with Crippen LogP contribution in [0.4, 0.5) is 0 Å². The van der Waals surface area contributed by atoms with Gasteiger partial charge in [-0.3, -0.25) is 4.79 Å². The first-order chi connectivity index (χ1) is 19.4. The summed E-state index contributed by atoms with van der Waals surface area (Å²) in [6, 6.07) is 18.2. The summed E-state index contributed by atoms with van der Waals surface area (Å²) in [6.07, 6.45) is 9.86. The van der Waals surface area contributed by atoms with Gasteiger partial charge in [0.2, 0.25) is 11.8 Å². The Morgan fingerprint density at radius 3 is 2.73 bits per heavy atom. The van der Waals surface area contributed by atoms with Crippen molar-refractivity contribution in [1.29, 1.82) is 5.26 Å². The van der Waals surface area contributed by atoms with Crippen LogP contribution in [0.1, 0.15) is 73.8 Å². The van der Waals surface area contributed by atoms with Crippen LogP contribution in [-0.4, -0.2) is 33.6 Å². The van der Waals surface area contributed by atoms with Gasteiger partial charge in [0, 0.05) is 29.5 Å². The van der Waals surface area contributed by atoms with Crippen LogP contribution in [0.3, 0.4) is 0 Å². The Morgan fingerprint density at radius 1 is 1.15 bits per heavy atom. The van der Waals surface area contributed by atoms with Crippen LogP contribution < -0.4 is 0 Å². The van der Waals surface area contributed by atoms with E-state index in [0.717, 1.165) is 36.8 Å². The van der Waals surface area contributed by atoms with Gasteiger partial charge >= 0.3 is 0 Å². The van der Waals surface area contributed by atoms with Crippen molar-refractivity contribution >= 4 is 11.5 Å². The summed E-state index contributed by atoms with van der Waals surface area (Å²) in [4.78, 5) is 15.7. The first kappa shape index (κ1) is 27.2. The number of nitriles is 1. The van der Waals surface area contributed by atoms with Gasteiger partial charge in [-0.15, -0.1) is 16.1 Å². The molecule has 3 aromatic rings. The van der Waals surface area contributed by atoms with Crippen LogP contribution in [0.5, 0.6) is 0 Å². The summed E-state index contributed by atoms with van der Waals surface area (Å²) in [5, 5.41) is 18.7. The summed E-state index contributed by atoms with van der Waals surface area (Å²) in [5.74, 6) is 6.94. The number of hydrogen-bond donors (Lipinski definition) is 0. The molecule has 0 radical (unpaired) electrons. The van der Waals surface area contributed by atoms with Gasteiger partial charge in [-0.05, 0) is 60.6 Å². The van der Waals surface area contributed by atoms with Gasteiger partial charge in [0.1, 0.15) is 0 Å². The molecule has 6 heteroatoms. The quantitative estimate of drug-likeness (QED) is 0.329. The smallest absolute Gasteiger partial charge is 0.254 e. The van der Waals surface area contributed by atoms with Crippen LogP contribution >= 0.6 is 0 Å². The molecular weight excluding hydrogens is 496 g/mol. The van der Waals surface area contributed by atoms with E-state index in [2.05, 4.69) is 54.1 Å². The van der Waals surface area contributed by atoms with Crippen LogP contribution in [0.15, 0.2) is 71.2 Å². The molecule has 6 nitrogen and oxygen atoms in total. The molecule has 2 unspecified atom stereocenters. The fourth-order valence-corrected chi connectivity index (χ4v) is 5.43. The van der Waals surface area contributed by atoms with Crippen LogP contribution in [0.2, 0.25) is 0 Å². The number of aromatic nitrogens is 2. The zero-order valence-electron chi connectivity index (χ0n) is 23.4. The molecule has 0 spiro atoms. The van der Waals surface area contributed by atoms with Crippen LogP contribution in [0.25, 0.3) is 17.0 Å². The molecule has 5 rings (SSSR count). The zero-order valence-corrected chi connectivity index (χ0v) is 23.4. The SMILES string of the molecule is CCC#CC1CCCN1C(=O)c1cc(C2=CC=CCC2C#N)cc(-c2nnc(C(C)(C)Cc3ccccc3)o2)c1. The van der Waals surface area contributed by atoms with Gasteiger partial charge in [0.25, 0.3) is 5.91 Å². The minimum atomic E-state index is -0.383. The van der Waals surface area contributed by atoms with E-state index in [1.807, 2.05) is 66.4 Å². The lowest BCUT2D eigenvalue weighted by atomic mass is 9.85. The molecule has 0 saturated carbocycles. The van der Waals surface area contributed by atoms with E-state index in [1.54, 1.807) is 0 Å². The van der Waals surface area contributed by atoms with Gasteiger partial charge in [-0.2, -0.15) is 5.26 Å². The lowest BCUT2D eigenvalue weighted by Gasteiger charge is -2.22. The third kappa shape index (κ3) is 5.77. The van der Waals surface area contributed by atoms with Crippen molar-refractivity contribution in [2.75, 3.05) is 6.54 Å². The zero-order chi connectivity index (χ0) is 28.1. The molecule has 1 aliphatic heterocycles. The van der Waals surface area contributed by atoms with Gasteiger partial charge < -0.3 is 9.32 Å². The van der Waals surface area contributed by atoms with Gasteiger partial charge in [0.05, 0.1) is 18.0 Å². The average molecular weight is 531 g/mol. The molecule has 2 aromatic carbocycles. The Balaban J connectivity index is 1.54. The molecule has 2 aliphatic rings. The van der Waals surface area contributed by atoms with Crippen LogP contribution in [0, 0.1) is 29.1 Å². The highest BCUT2D eigenvalue weighted by atomic mass is 16.4. The van der Waals surface area contributed by atoms with Crippen molar-refractivity contribution in [3.05, 3.63) is 89.3 Å². The van der Waals surface area contributed by atoms with E-state index < -0.39 is 0 Å². The van der Waals surface area contributed by atoms with E-state index in [-0.39, 0.29) is 23.3 Å². The minimum Gasteiger partial charge on any atom is -0.420 e. The standard InChI is InChI=1S/C34H34N4O2/c1-4-5-15-29-16-11-18-38(29)32(39)28-20-26(30-17-10-9-14-25(30)23-35)19-27(21-28)31-36-37-33(40-31)34(2,3)22-24-12-7-6-8-13-24/h6-10,12-13,17,19-21,25,29H,4,11,14,16,18,22H2,1-3H3. The maximum Gasteiger partial charge on any atom is 0.254 e. The molecular formula is C34H34N4O2. The number of carbonyl (C=O) groups excluding carboxylic acids is 1. The number of amides is 1. The molecule has 0 bridgehead atoms. The lowest BCUT2D eigenvalue weighted by Crippen LogP contribution is -2.34. The van der Waals surface area contributed by atoms with Crippen molar-refractivity contribution in [3.63, 3.8) is 0 Å². The second kappa shape index (κ2) is 11.8. The first-order valence-electron chi connectivity index (χ1n) is 14.0. The summed E-state index contributed by atoms with van der Waals surface area (Å²) < 4.78 is 6.27. The molecule has 1 aromatic heterocycles. The molecule has 1 amide bonds. The second-order valence-corrected chi connectivity index (χ2v) is 11.1. The fraction of sp³-hybridized carbons (Fsp3) is 0.353. The summed E-state index contributed by atoms with van der Waals surface area (Å²) >= 11 is 0. The number of nitrogens with zero attached hydrogens (tertiary/aromatic N) is 4. The largest absolute Gasteiger partial charge is 0.420 e. The Kier molecular flexibility index (Phi) is 7.99. The molecule has 1 saturated heterocycles. The summed E-state index contributed by atoms with van der Waals surface area (Å²) in [7, 11) is 0. The van der Waals surface area contributed by atoms with E-state index in [1.165, 1.54) is 5.56 Å². The number of benzene rings is 2.